The van der Waals surface area contributed by atoms with Crippen LogP contribution in [0.4, 0.5) is 11.6 Å². The molecule has 142 valence electrons. The van der Waals surface area contributed by atoms with Gasteiger partial charge in [0.15, 0.2) is 0 Å². The molecule has 1 aromatic heterocycles. The number of anilines is 2. The maximum absolute atomic E-state index is 12.5. The molecule has 2 amide bonds. The first-order valence-electron chi connectivity index (χ1n) is 8.69. The van der Waals surface area contributed by atoms with Crippen LogP contribution in [0.1, 0.15) is 12.1 Å². The standard InChI is InChI=1S/C19H23N5O3/c1-23(2)19-20-9-8-14(22-19)11-21-18(26)13-10-17(25)24(12-13)15-4-6-16(27-3)7-5-15/h4-9,13H,10-12H2,1-3H3,(H,21,26). The van der Waals surface area contributed by atoms with Crippen molar-refractivity contribution in [2.45, 2.75) is 13.0 Å². The molecule has 27 heavy (non-hydrogen) atoms. The number of benzene rings is 1. The van der Waals surface area contributed by atoms with E-state index in [1.807, 2.05) is 26.2 Å². The number of aromatic nitrogens is 2. The number of methoxy groups -OCH3 is 1. The number of nitrogens with zero attached hydrogens (tertiary/aromatic N) is 4. The number of nitrogens with one attached hydrogen (secondary N) is 1. The third kappa shape index (κ3) is 4.33. The molecule has 0 aliphatic carbocycles. The molecule has 1 aliphatic heterocycles. The number of hydrogen-bond acceptors (Lipinski definition) is 6. The van der Waals surface area contributed by atoms with Crippen molar-refractivity contribution < 1.29 is 14.3 Å². The van der Waals surface area contributed by atoms with Crippen LogP contribution in [-0.2, 0) is 16.1 Å². The smallest absolute Gasteiger partial charge is 0.227 e. The van der Waals surface area contributed by atoms with Gasteiger partial charge < -0.3 is 19.9 Å². The second-order valence-electron chi connectivity index (χ2n) is 6.56. The van der Waals surface area contributed by atoms with Gasteiger partial charge in [-0.2, -0.15) is 0 Å². The second kappa shape index (κ2) is 8.03. The Labute approximate surface area is 158 Å². The highest BCUT2D eigenvalue weighted by molar-refractivity contribution is 6.00. The van der Waals surface area contributed by atoms with Gasteiger partial charge in [0.2, 0.25) is 17.8 Å². The zero-order valence-corrected chi connectivity index (χ0v) is 15.7. The van der Waals surface area contributed by atoms with Crippen molar-refractivity contribution in [2.75, 3.05) is 37.5 Å². The van der Waals surface area contributed by atoms with Crippen molar-refractivity contribution in [2.24, 2.45) is 5.92 Å². The van der Waals surface area contributed by atoms with Crippen LogP contribution in [0.15, 0.2) is 36.5 Å². The molecule has 8 heteroatoms. The van der Waals surface area contributed by atoms with Gasteiger partial charge in [-0.3, -0.25) is 9.59 Å². The Hall–Kier alpha value is -3.16. The summed E-state index contributed by atoms with van der Waals surface area (Å²) in [6.45, 7) is 0.666. The van der Waals surface area contributed by atoms with Crippen LogP contribution < -0.4 is 19.9 Å². The molecule has 2 heterocycles. The van der Waals surface area contributed by atoms with Gasteiger partial charge in [0.1, 0.15) is 5.75 Å². The Morgan fingerprint density at radius 1 is 1.30 bits per heavy atom. The number of carbonyl (C=O) groups is 2. The van der Waals surface area contributed by atoms with Crippen molar-refractivity contribution in [3.63, 3.8) is 0 Å². The molecule has 1 saturated heterocycles. The first kappa shape index (κ1) is 18.6. The minimum absolute atomic E-state index is 0.0581. The Morgan fingerprint density at radius 3 is 2.70 bits per heavy atom. The monoisotopic (exact) mass is 369 g/mol. The molecule has 8 nitrogen and oxygen atoms in total. The number of ether oxygens (including phenoxy) is 1. The summed E-state index contributed by atoms with van der Waals surface area (Å²) in [6, 6.07) is 9.00. The summed E-state index contributed by atoms with van der Waals surface area (Å²) in [6.07, 6.45) is 1.86. The van der Waals surface area contributed by atoms with Gasteiger partial charge in [-0.25, -0.2) is 9.97 Å². The van der Waals surface area contributed by atoms with Crippen molar-refractivity contribution in [1.82, 2.24) is 15.3 Å². The molecule has 1 N–H and O–H groups in total. The summed E-state index contributed by atoms with van der Waals surface area (Å²) in [7, 11) is 5.31. The molecule has 1 atom stereocenters. The highest BCUT2D eigenvalue weighted by atomic mass is 16.5. The first-order valence-corrected chi connectivity index (χ1v) is 8.69. The van der Waals surface area contributed by atoms with E-state index in [0.29, 0.717) is 19.0 Å². The van der Waals surface area contributed by atoms with E-state index in [0.717, 1.165) is 17.1 Å². The molecule has 0 spiro atoms. The zero-order valence-electron chi connectivity index (χ0n) is 15.7. The highest BCUT2D eigenvalue weighted by Crippen LogP contribution is 2.27. The molecule has 1 aliphatic rings. The SMILES string of the molecule is COc1ccc(N2CC(C(=O)NCc3ccnc(N(C)C)n3)CC2=O)cc1. The third-order valence-electron chi connectivity index (χ3n) is 4.42. The van der Waals surface area contributed by atoms with E-state index < -0.39 is 0 Å². The van der Waals surface area contributed by atoms with Gasteiger partial charge in [-0.05, 0) is 30.3 Å². The summed E-state index contributed by atoms with van der Waals surface area (Å²) < 4.78 is 5.13. The van der Waals surface area contributed by atoms with Crippen molar-refractivity contribution in [3.8, 4) is 5.75 Å². The van der Waals surface area contributed by atoms with Crippen LogP contribution in [-0.4, -0.2) is 49.5 Å². The van der Waals surface area contributed by atoms with E-state index in [1.54, 1.807) is 41.3 Å². The molecule has 0 saturated carbocycles. The largest absolute Gasteiger partial charge is 0.497 e. The lowest BCUT2D eigenvalue weighted by Gasteiger charge is -2.17. The molecule has 3 rings (SSSR count). The summed E-state index contributed by atoms with van der Waals surface area (Å²) >= 11 is 0. The van der Waals surface area contributed by atoms with E-state index in [2.05, 4.69) is 15.3 Å². The predicted molar refractivity (Wildman–Crippen MR) is 102 cm³/mol. The fourth-order valence-electron chi connectivity index (χ4n) is 2.92. The van der Waals surface area contributed by atoms with E-state index in [9.17, 15) is 9.59 Å². The topological polar surface area (TPSA) is 87.7 Å². The van der Waals surface area contributed by atoms with Crippen LogP contribution >= 0.6 is 0 Å². The lowest BCUT2D eigenvalue weighted by molar-refractivity contribution is -0.126. The molecule has 1 fully saturated rings. The number of carbonyl (C=O) groups excluding carboxylic acids is 2. The summed E-state index contributed by atoms with van der Waals surface area (Å²) in [5, 5.41) is 2.87. The quantitative estimate of drug-likeness (QED) is 0.824. The van der Waals surface area contributed by atoms with Crippen LogP contribution in [0, 0.1) is 5.92 Å². The van der Waals surface area contributed by atoms with Gasteiger partial charge in [0.25, 0.3) is 0 Å². The highest BCUT2D eigenvalue weighted by Gasteiger charge is 2.35. The maximum Gasteiger partial charge on any atom is 0.227 e. The zero-order chi connectivity index (χ0) is 19.4. The predicted octanol–water partition coefficient (Wildman–Crippen LogP) is 1.22. The van der Waals surface area contributed by atoms with Crippen LogP contribution in [0.25, 0.3) is 0 Å². The lowest BCUT2D eigenvalue weighted by atomic mass is 10.1. The first-order chi connectivity index (χ1) is 13.0. The molecule has 0 radical (unpaired) electrons. The van der Waals surface area contributed by atoms with Gasteiger partial charge >= 0.3 is 0 Å². The van der Waals surface area contributed by atoms with Crippen LogP contribution in [0.5, 0.6) is 5.75 Å². The number of amides is 2. The van der Waals surface area contributed by atoms with Gasteiger partial charge in [-0.1, -0.05) is 0 Å². The number of rotatable bonds is 6. The summed E-state index contributed by atoms with van der Waals surface area (Å²) in [5.74, 6) is 0.724. The lowest BCUT2D eigenvalue weighted by Crippen LogP contribution is -2.33. The minimum atomic E-state index is -0.380. The maximum atomic E-state index is 12.5. The second-order valence-corrected chi connectivity index (χ2v) is 6.56. The van der Waals surface area contributed by atoms with Gasteiger partial charge in [0, 0.05) is 38.9 Å². The Bertz CT molecular complexity index is 822. The van der Waals surface area contributed by atoms with Crippen LogP contribution in [0.2, 0.25) is 0 Å². The molecule has 1 unspecified atom stereocenters. The average molecular weight is 369 g/mol. The van der Waals surface area contributed by atoms with Gasteiger partial charge in [-0.15, -0.1) is 0 Å². The van der Waals surface area contributed by atoms with E-state index >= 15 is 0 Å². The van der Waals surface area contributed by atoms with E-state index in [-0.39, 0.29) is 24.2 Å². The fourth-order valence-corrected chi connectivity index (χ4v) is 2.92. The molecule has 0 bridgehead atoms. The van der Waals surface area contributed by atoms with Gasteiger partial charge in [0.05, 0.1) is 25.3 Å². The van der Waals surface area contributed by atoms with Crippen molar-refractivity contribution >= 4 is 23.5 Å². The fraction of sp³-hybridized carbons (Fsp3) is 0.368. The number of hydrogen-bond donors (Lipinski definition) is 1. The van der Waals surface area contributed by atoms with E-state index in [1.165, 1.54) is 0 Å². The minimum Gasteiger partial charge on any atom is -0.497 e. The molecular weight excluding hydrogens is 346 g/mol. The molecule has 2 aromatic rings. The summed E-state index contributed by atoms with van der Waals surface area (Å²) in [4.78, 5) is 36.8. The van der Waals surface area contributed by atoms with Crippen LogP contribution in [0.3, 0.4) is 0 Å². The van der Waals surface area contributed by atoms with E-state index in [4.69, 9.17) is 4.74 Å². The molecular formula is C19H23N5O3. The third-order valence-corrected chi connectivity index (χ3v) is 4.42. The molecule has 1 aromatic carbocycles. The Balaban J connectivity index is 1.59. The summed E-state index contributed by atoms with van der Waals surface area (Å²) in [5.41, 5.74) is 1.49. The average Bonchev–Trinajstić information content (AvgIpc) is 3.08. The Kier molecular flexibility index (Phi) is 5.54. The Morgan fingerprint density at radius 2 is 2.04 bits per heavy atom. The normalized spacial score (nSPS) is 16.3. The van der Waals surface area contributed by atoms with Crippen molar-refractivity contribution in [3.05, 3.63) is 42.2 Å². The van der Waals surface area contributed by atoms with Crippen molar-refractivity contribution in [1.29, 1.82) is 0 Å².